The van der Waals surface area contributed by atoms with Gasteiger partial charge in [0.15, 0.2) is 0 Å². The molecule has 0 spiro atoms. The Bertz CT molecular complexity index is 309. The summed E-state index contributed by atoms with van der Waals surface area (Å²) in [4.78, 5) is 4.12. The molecule has 0 aliphatic carbocycles. The Hall–Kier alpha value is -1.13. The molecule has 4 nitrogen and oxygen atoms in total. The minimum absolute atomic E-state index is 0.404. The molecule has 0 radical (unpaired) electrons. The Kier molecular flexibility index (Phi) is 6.58. The van der Waals surface area contributed by atoms with Crippen molar-refractivity contribution in [3.63, 3.8) is 0 Å². The second kappa shape index (κ2) is 8.03. The monoisotopic (exact) mass is 237 g/mol. The van der Waals surface area contributed by atoms with Gasteiger partial charge in [-0.05, 0) is 37.4 Å². The minimum atomic E-state index is 0.404. The maximum Gasteiger partial charge on any atom is 0.0477 e. The average molecular weight is 237 g/mol. The van der Waals surface area contributed by atoms with Gasteiger partial charge >= 0.3 is 0 Å². The Balaban J connectivity index is 2.55. The highest BCUT2D eigenvalue weighted by Crippen LogP contribution is 2.12. The summed E-state index contributed by atoms with van der Waals surface area (Å²) in [5, 5.41) is 3.52. The van der Waals surface area contributed by atoms with Crippen molar-refractivity contribution in [3.05, 3.63) is 24.0 Å². The lowest BCUT2D eigenvalue weighted by atomic mass is 10.0. The summed E-state index contributed by atoms with van der Waals surface area (Å²) >= 11 is 0. The molecule has 1 atom stereocenters. The Morgan fingerprint density at radius 1 is 1.53 bits per heavy atom. The second-order valence-electron chi connectivity index (χ2n) is 4.21. The van der Waals surface area contributed by atoms with Crippen molar-refractivity contribution in [2.24, 2.45) is 0 Å². The zero-order valence-corrected chi connectivity index (χ0v) is 10.8. The van der Waals surface area contributed by atoms with E-state index in [-0.39, 0.29) is 0 Å². The molecule has 1 aromatic heterocycles. The van der Waals surface area contributed by atoms with E-state index in [0.29, 0.717) is 6.04 Å². The quantitative estimate of drug-likeness (QED) is 0.721. The number of hydrogen-bond acceptors (Lipinski definition) is 4. The Morgan fingerprint density at radius 2 is 2.35 bits per heavy atom. The van der Waals surface area contributed by atoms with Gasteiger partial charge < -0.3 is 15.8 Å². The van der Waals surface area contributed by atoms with Crippen molar-refractivity contribution in [3.8, 4) is 0 Å². The largest absolute Gasteiger partial charge is 0.398 e. The lowest BCUT2D eigenvalue weighted by Gasteiger charge is -2.18. The van der Waals surface area contributed by atoms with Gasteiger partial charge in [0.05, 0.1) is 0 Å². The van der Waals surface area contributed by atoms with E-state index in [1.807, 2.05) is 12.3 Å². The zero-order valence-electron chi connectivity index (χ0n) is 10.8. The molecule has 1 heterocycles. The summed E-state index contributed by atoms with van der Waals surface area (Å²) in [6.45, 7) is 3.95. The number of nitrogens with zero attached hydrogens (tertiary/aromatic N) is 1. The van der Waals surface area contributed by atoms with E-state index in [0.717, 1.165) is 43.7 Å². The standard InChI is InChI=1S/C13H23N3O/c1-3-6-16-12(5-8-17-2)9-11-10-15-7-4-13(11)14/h4,7,10,12,16H,3,5-6,8-9H2,1-2H3,(H2,14,15). The fourth-order valence-electron chi connectivity index (χ4n) is 1.76. The van der Waals surface area contributed by atoms with Crippen LogP contribution in [0, 0.1) is 0 Å². The van der Waals surface area contributed by atoms with Crippen LogP contribution in [0.15, 0.2) is 18.5 Å². The maximum absolute atomic E-state index is 5.93. The molecule has 1 unspecified atom stereocenters. The van der Waals surface area contributed by atoms with Gasteiger partial charge in [0.25, 0.3) is 0 Å². The van der Waals surface area contributed by atoms with Crippen LogP contribution in [0.5, 0.6) is 0 Å². The molecule has 0 amide bonds. The molecule has 3 N–H and O–H groups in total. The Morgan fingerprint density at radius 3 is 3.00 bits per heavy atom. The van der Waals surface area contributed by atoms with Crippen molar-refractivity contribution in [1.29, 1.82) is 0 Å². The van der Waals surface area contributed by atoms with E-state index in [9.17, 15) is 0 Å². The number of nitrogens with one attached hydrogen (secondary N) is 1. The van der Waals surface area contributed by atoms with E-state index in [2.05, 4.69) is 17.2 Å². The molecule has 96 valence electrons. The van der Waals surface area contributed by atoms with Gasteiger partial charge in [-0.25, -0.2) is 0 Å². The molecular formula is C13H23N3O. The first-order valence-electron chi connectivity index (χ1n) is 6.18. The van der Waals surface area contributed by atoms with Gasteiger partial charge in [-0.15, -0.1) is 0 Å². The summed E-state index contributed by atoms with van der Waals surface area (Å²) in [6.07, 6.45) is 6.60. The normalized spacial score (nSPS) is 12.6. The van der Waals surface area contributed by atoms with Crippen molar-refractivity contribution in [2.45, 2.75) is 32.2 Å². The number of aromatic nitrogens is 1. The van der Waals surface area contributed by atoms with Crippen LogP contribution in [0.2, 0.25) is 0 Å². The fraction of sp³-hybridized carbons (Fsp3) is 0.615. The molecule has 1 rings (SSSR count). The molecule has 17 heavy (non-hydrogen) atoms. The van der Waals surface area contributed by atoms with Gasteiger partial charge in [-0.1, -0.05) is 6.92 Å². The van der Waals surface area contributed by atoms with Gasteiger partial charge in [0, 0.05) is 37.8 Å². The third kappa shape index (κ3) is 5.15. The molecule has 0 bridgehead atoms. The topological polar surface area (TPSA) is 60.2 Å². The first-order chi connectivity index (χ1) is 8.27. The van der Waals surface area contributed by atoms with Crippen molar-refractivity contribution in [1.82, 2.24) is 10.3 Å². The predicted octanol–water partition coefficient (Wildman–Crippen LogP) is 1.61. The van der Waals surface area contributed by atoms with Gasteiger partial charge in [0.1, 0.15) is 0 Å². The summed E-state index contributed by atoms with van der Waals surface area (Å²) in [6, 6.07) is 2.25. The maximum atomic E-state index is 5.93. The van der Waals surface area contributed by atoms with E-state index in [1.54, 1.807) is 13.3 Å². The molecular weight excluding hydrogens is 214 g/mol. The van der Waals surface area contributed by atoms with Crippen molar-refractivity contribution >= 4 is 5.69 Å². The highest BCUT2D eigenvalue weighted by Gasteiger charge is 2.10. The SMILES string of the molecule is CCCNC(CCOC)Cc1cnccc1N. The van der Waals surface area contributed by atoms with Gasteiger partial charge in [-0.3, -0.25) is 4.98 Å². The predicted molar refractivity (Wildman–Crippen MR) is 70.9 cm³/mol. The van der Waals surface area contributed by atoms with E-state index in [4.69, 9.17) is 10.5 Å². The molecule has 0 saturated heterocycles. The first-order valence-corrected chi connectivity index (χ1v) is 6.18. The Labute approximate surface area is 104 Å². The third-order valence-corrected chi connectivity index (χ3v) is 2.76. The number of pyridine rings is 1. The molecule has 0 aliphatic rings. The molecule has 0 fully saturated rings. The molecule has 1 aromatic rings. The van der Waals surface area contributed by atoms with Crippen molar-refractivity contribution in [2.75, 3.05) is 26.0 Å². The number of nitrogens with two attached hydrogens (primary N) is 1. The number of methoxy groups -OCH3 is 1. The van der Waals surface area contributed by atoms with Crippen LogP contribution in [-0.4, -0.2) is 31.3 Å². The van der Waals surface area contributed by atoms with Crippen molar-refractivity contribution < 1.29 is 4.74 Å². The number of anilines is 1. The number of nitrogen functional groups attached to an aromatic ring is 1. The van der Waals surface area contributed by atoms with Crippen LogP contribution in [0.1, 0.15) is 25.3 Å². The van der Waals surface area contributed by atoms with E-state index in [1.165, 1.54) is 0 Å². The summed E-state index contributed by atoms with van der Waals surface area (Å²) in [7, 11) is 1.73. The zero-order chi connectivity index (χ0) is 12.5. The molecule has 4 heteroatoms. The minimum Gasteiger partial charge on any atom is -0.398 e. The number of rotatable bonds is 8. The molecule has 0 aliphatic heterocycles. The van der Waals surface area contributed by atoms with E-state index < -0.39 is 0 Å². The lowest BCUT2D eigenvalue weighted by molar-refractivity contribution is 0.182. The number of ether oxygens (including phenoxy) is 1. The van der Waals surface area contributed by atoms with Crippen LogP contribution in [0.3, 0.4) is 0 Å². The summed E-state index contributed by atoms with van der Waals surface area (Å²) in [5.74, 6) is 0. The first kappa shape index (κ1) is 13.9. The van der Waals surface area contributed by atoms with Crippen LogP contribution in [0.25, 0.3) is 0 Å². The highest BCUT2D eigenvalue weighted by atomic mass is 16.5. The van der Waals surface area contributed by atoms with Crippen LogP contribution in [-0.2, 0) is 11.2 Å². The average Bonchev–Trinajstić information content (AvgIpc) is 2.35. The second-order valence-corrected chi connectivity index (χ2v) is 4.21. The summed E-state index contributed by atoms with van der Waals surface area (Å²) < 4.78 is 5.13. The van der Waals surface area contributed by atoms with E-state index >= 15 is 0 Å². The third-order valence-electron chi connectivity index (χ3n) is 2.76. The lowest BCUT2D eigenvalue weighted by Crippen LogP contribution is -2.33. The van der Waals surface area contributed by atoms with Crippen LogP contribution >= 0.6 is 0 Å². The van der Waals surface area contributed by atoms with Crippen LogP contribution < -0.4 is 11.1 Å². The highest BCUT2D eigenvalue weighted by molar-refractivity contribution is 5.44. The smallest absolute Gasteiger partial charge is 0.0477 e. The molecule has 0 saturated carbocycles. The number of hydrogen-bond donors (Lipinski definition) is 2. The molecule has 0 aromatic carbocycles. The van der Waals surface area contributed by atoms with Crippen LogP contribution in [0.4, 0.5) is 5.69 Å². The van der Waals surface area contributed by atoms with Gasteiger partial charge in [0.2, 0.25) is 0 Å². The summed E-state index contributed by atoms with van der Waals surface area (Å²) in [5.41, 5.74) is 7.86. The van der Waals surface area contributed by atoms with Gasteiger partial charge in [-0.2, -0.15) is 0 Å². The fourth-order valence-corrected chi connectivity index (χ4v) is 1.76.